The summed E-state index contributed by atoms with van der Waals surface area (Å²) in [6, 6.07) is -1.65. The summed E-state index contributed by atoms with van der Waals surface area (Å²) in [5.74, 6) is -1.33. The van der Waals surface area contributed by atoms with Gasteiger partial charge in [-0.05, 0) is 0 Å². The van der Waals surface area contributed by atoms with Gasteiger partial charge >= 0.3 is 5.97 Å². The van der Waals surface area contributed by atoms with E-state index in [0.29, 0.717) is 0 Å². The van der Waals surface area contributed by atoms with E-state index in [1.807, 2.05) is 0 Å². The quantitative estimate of drug-likeness (QED) is 0.407. The van der Waals surface area contributed by atoms with Crippen LogP contribution in [-0.4, -0.2) is 39.7 Å². The number of nitrogens with zero attached hydrogens (tertiary/aromatic N) is 1. The molecule has 0 aromatic carbocycles. The van der Waals surface area contributed by atoms with Crippen LogP contribution < -0.4 is 5.73 Å². The molecule has 0 aromatic rings. The van der Waals surface area contributed by atoms with Gasteiger partial charge in [0.2, 0.25) is 5.91 Å². The van der Waals surface area contributed by atoms with E-state index in [1.165, 1.54) is 0 Å². The van der Waals surface area contributed by atoms with Crippen LogP contribution >= 0.6 is 12.6 Å². The predicted octanol–water partition coefficient (Wildman–Crippen LogP) is -0.947. The van der Waals surface area contributed by atoms with Gasteiger partial charge in [-0.15, -0.1) is 0 Å². The lowest BCUT2D eigenvalue weighted by atomic mass is 10.3. The zero-order valence-corrected chi connectivity index (χ0v) is 7.70. The average Bonchev–Trinajstić information content (AvgIpc) is 2.74. The van der Waals surface area contributed by atoms with Crippen molar-refractivity contribution in [1.82, 2.24) is 4.90 Å². The van der Waals surface area contributed by atoms with E-state index in [-0.39, 0.29) is 11.4 Å². The minimum Gasteiger partial charge on any atom is -0.479 e. The molecule has 1 saturated heterocycles. The standard InChI is InChI=1S/C7H10N2O3S/c1-3-5(7(11)12)9(3)6(10)4(8)2-13/h4-5,13H,1-2,8H2,(H,11,12)/t4-,5-,9?/m0/s1. The zero-order valence-electron chi connectivity index (χ0n) is 6.80. The molecule has 3 N–H and O–H groups in total. The molecule has 0 bridgehead atoms. The van der Waals surface area contributed by atoms with Gasteiger partial charge in [-0.2, -0.15) is 12.6 Å². The van der Waals surface area contributed by atoms with Crippen LogP contribution in [-0.2, 0) is 9.59 Å². The summed E-state index contributed by atoms with van der Waals surface area (Å²) in [5.41, 5.74) is 5.67. The highest BCUT2D eigenvalue weighted by Crippen LogP contribution is 2.31. The van der Waals surface area contributed by atoms with Gasteiger partial charge in [0.15, 0.2) is 6.04 Å². The van der Waals surface area contributed by atoms with E-state index in [0.717, 1.165) is 4.90 Å². The van der Waals surface area contributed by atoms with Gasteiger partial charge in [0.25, 0.3) is 0 Å². The zero-order chi connectivity index (χ0) is 10.2. The molecule has 6 heteroatoms. The third kappa shape index (κ3) is 1.68. The number of nitrogens with two attached hydrogens (primary N) is 1. The van der Waals surface area contributed by atoms with Crippen molar-refractivity contribution in [1.29, 1.82) is 0 Å². The van der Waals surface area contributed by atoms with Crippen molar-refractivity contribution in [2.45, 2.75) is 12.1 Å². The fourth-order valence-corrected chi connectivity index (χ4v) is 1.17. The number of carbonyl (C=O) groups is 2. The minimum atomic E-state index is -1.08. The van der Waals surface area contributed by atoms with Crippen LogP contribution in [0.15, 0.2) is 12.3 Å². The van der Waals surface area contributed by atoms with Crippen molar-refractivity contribution in [3.63, 3.8) is 0 Å². The fraction of sp³-hybridized carbons (Fsp3) is 0.429. The molecule has 0 radical (unpaired) electrons. The Morgan fingerprint density at radius 3 is 2.62 bits per heavy atom. The molecule has 0 aliphatic carbocycles. The molecule has 0 saturated carbocycles. The molecule has 13 heavy (non-hydrogen) atoms. The third-order valence-corrected chi connectivity index (χ3v) is 2.19. The van der Waals surface area contributed by atoms with Gasteiger partial charge in [-0.25, -0.2) is 4.79 Å². The number of hydrogen-bond donors (Lipinski definition) is 3. The molecule has 1 fully saturated rings. The van der Waals surface area contributed by atoms with Gasteiger partial charge < -0.3 is 10.8 Å². The monoisotopic (exact) mass is 202 g/mol. The molecule has 0 aromatic heterocycles. The van der Waals surface area contributed by atoms with Crippen molar-refractivity contribution in [2.24, 2.45) is 5.73 Å². The topological polar surface area (TPSA) is 83.4 Å². The first-order chi connectivity index (χ1) is 6.00. The van der Waals surface area contributed by atoms with Crippen LogP contribution in [0, 0.1) is 0 Å². The van der Waals surface area contributed by atoms with Gasteiger partial charge in [0.1, 0.15) is 0 Å². The Labute approximate surface area is 80.6 Å². The Hall–Kier alpha value is -1.01. The van der Waals surface area contributed by atoms with Crippen molar-refractivity contribution < 1.29 is 14.7 Å². The smallest absolute Gasteiger partial charge is 0.333 e. The molecule has 72 valence electrons. The minimum absolute atomic E-state index is 0.189. The van der Waals surface area contributed by atoms with Gasteiger partial charge in [-0.3, -0.25) is 9.69 Å². The SMILES string of the molecule is C=C1[C@@H](C(=O)O)N1C(=O)[C@@H](N)CS. The van der Waals surface area contributed by atoms with Crippen molar-refractivity contribution in [2.75, 3.05) is 5.75 Å². The summed E-state index contributed by atoms with van der Waals surface area (Å²) in [6.07, 6.45) is 0. The number of carboxylic acid groups (broad SMARTS) is 1. The molecule has 1 aliphatic heterocycles. The van der Waals surface area contributed by atoms with Crippen LogP contribution in [0.2, 0.25) is 0 Å². The summed E-state index contributed by atoms with van der Waals surface area (Å²) in [7, 11) is 0. The lowest BCUT2D eigenvalue weighted by Gasteiger charge is -2.07. The Morgan fingerprint density at radius 1 is 1.77 bits per heavy atom. The average molecular weight is 202 g/mol. The van der Waals surface area contributed by atoms with E-state index >= 15 is 0 Å². The van der Waals surface area contributed by atoms with Crippen LogP contribution in [0.25, 0.3) is 0 Å². The van der Waals surface area contributed by atoms with E-state index in [2.05, 4.69) is 19.2 Å². The van der Waals surface area contributed by atoms with Crippen molar-refractivity contribution in [3.05, 3.63) is 12.3 Å². The molecular weight excluding hydrogens is 192 g/mol. The summed E-state index contributed by atoms with van der Waals surface area (Å²) >= 11 is 3.84. The first kappa shape index (κ1) is 10.1. The molecule has 1 heterocycles. The van der Waals surface area contributed by atoms with Gasteiger partial charge in [-0.1, -0.05) is 6.58 Å². The van der Waals surface area contributed by atoms with Gasteiger partial charge in [0, 0.05) is 11.4 Å². The summed E-state index contributed by atoms with van der Waals surface area (Å²) < 4.78 is 0. The molecule has 0 unspecified atom stereocenters. The second kappa shape index (κ2) is 3.39. The maximum absolute atomic E-state index is 11.3. The summed E-state index contributed by atoms with van der Waals surface area (Å²) in [4.78, 5) is 22.8. The highest BCUT2D eigenvalue weighted by molar-refractivity contribution is 7.80. The second-order valence-electron chi connectivity index (χ2n) is 2.73. The third-order valence-electron chi connectivity index (χ3n) is 1.80. The molecule has 5 nitrogen and oxygen atoms in total. The summed E-state index contributed by atoms with van der Waals surface area (Å²) in [5, 5.41) is 8.58. The molecule has 1 rings (SSSR count). The van der Waals surface area contributed by atoms with Crippen LogP contribution in [0.4, 0.5) is 0 Å². The second-order valence-corrected chi connectivity index (χ2v) is 3.09. The van der Waals surface area contributed by atoms with Crippen molar-refractivity contribution in [3.8, 4) is 0 Å². The molecule has 0 spiro atoms. The van der Waals surface area contributed by atoms with E-state index < -0.39 is 24.0 Å². The maximum atomic E-state index is 11.3. The number of aliphatic carboxylic acids is 1. The van der Waals surface area contributed by atoms with E-state index in [1.54, 1.807) is 0 Å². The number of rotatable bonds is 3. The number of carboxylic acids is 1. The van der Waals surface area contributed by atoms with Crippen LogP contribution in [0.5, 0.6) is 0 Å². The highest BCUT2D eigenvalue weighted by atomic mass is 32.1. The molecular formula is C7H10N2O3S. The maximum Gasteiger partial charge on any atom is 0.333 e. The van der Waals surface area contributed by atoms with Crippen LogP contribution in [0.3, 0.4) is 0 Å². The largest absolute Gasteiger partial charge is 0.479 e. The Balaban J connectivity index is 2.63. The molecule has 2 atom stereocenters. The number of amides is 1. The lowest BCUT2D eigenvalue weighted by molar-refractivity contribution is -0.140. The van der Waals surface area contributed by atoms with Gasteiger partial charge in [0.05, 0.1) is 6.04 Å². The van der Waals surface area contributed by atoms with E-state index in [4.69, 9.17) is 10.8 Å². The number of hydrogen-bond acceptors (Lipinski definition) is 4. The Morgan fingerprint density at radius 2 is 2.31 bits per heavy atom. The number of carbonyl (C=O) groups excluding carboxylic acids is 1. The summed E-state index contributed by atoms with van der Waals surface area (Å²) in [6.45, 7) is 3.43. The molecule has 1 aliphatic rings. The van der Waals surface area contributed by atoms with E-state index in [9.17, 15) is 9.59 Å². The predicted molar refractivity (Wildman–Crippen MR) is 49.2 cm³/mol. The normalized spacial score (nSPS) is 22.8. The fourth-order valence-electron chi connectivity index (χ4n) is 1.01. The Kier molecular flexibility index (Phi) is 2.63. The number of thiol groups is 1. The lowest BCUT2D eigenvalue weighted by Crippen LogP contribution is -2.38. The first-order valence-electron chi connectivity index (χ1n) is 3.61. The Bertz CT molecular complexity index is 279. The van der Waals surface area contributed by atoms with Crippen LogP contribution in [0.1, 0.15) is 0 Å². The first-order valence-corrected chi connectivity index (χ1v) is 4.25. The van der Waals surface area contributed by atoms with Crippen molar-refractivity contribution >= 4 is 24.5 Å². The highest BCUT2D eigenvalue weighted by Gasteiger charge is 2.50. The molecule has 1 amide bonds.